The van der Waals surface area contributed by atoms with Gasteiger partial charge < -0.3 is 10.3 Å². The van der Waals surface area contributed by atoms with Gasteiger partial charge in [-0.3, -0.25) is 4.79 Å². The second-order valence-electron chi connectivity index (χ2n) is 8.62. The molecule has 0 aliphatic heterocycles. The van der Waals surface area contributed by atoms with Gasteiger partial charge in [0.25, 0.3) is 0 Å². The number of hydrogen-bond donors (Lipinski definition) is 2. The fourth-order valence-corrected chi connectivity index (χ4v) is 5.48. The summed E-state index contributed by atoms with van der Waals surface area (Å²) in [6.07, 6.45) is 6.08. The van der Waals surface area contributed by atoms with Crippen LogP contribution < -0.4 is 0 Å². The first-order valence-corrected chi connectivity index (χ1v) is 9.32. The van der Waals surface area contributed by atoms with Crippen LogP contribution in [-0.4, -0.2) is 22.5 Å². The van der Waals surface area contributed by atoms with E-state index in [1.807, 2.05) is 6.92 Å². The Balaban J connectivity index is 2.17. The molecule has 0 spiro atoms. The van der Waals surface area contributed by atoms with E-state index in [2.05, 4.69) is 38.1 Å². The molecule has 136 valence electrons. The molecule has 2 N–H and O–H groups in total. The fourth-order valence-electron chi connectivity index (χ4n) is 5.48. The lowest BCUT2D eigenvalue weighted by Gasteiger charge is -2.53. The summed E-state index contributed by atoms with van der Waals surface area (Å²) < 4.78 is 0. The minimum Gasteiger partial charge on any atom is -0.481 e. The van der Waals surface area contributed by atoms with E-state index in [4.69, 9.17) is 5.21 Å². The summed E-state index contributed by atoms with van der Waals surface area (Å²) in [5.41, 5.74) is 3.94. The van der Waals surface area contributed by atoms with Crippen molar-refractivity contribution in [3.63, 3.8) is 0 Å². The zero-order valence-electron chi connectivity index (χ0n) is 15.7. The molecule has 0 heterocycles. The van der Waals surface area contributed by atoms with E-state index in [0.29, 0.717) is 5.92 Å². The number of oxime groups is 1. The van der Waals surface area contributed by atoms with Crippen LogP contribution in [0.4, 0.5) is 0 Å². The average molecular weight is 343 g/mol. The molecule has 25 heavy (non-hydrogen) atoms. The molecule has 4 heteroatoms. The van der Waals surface area contributed by atoms with Gasteiger partial charge >= 0.3 is 5.97 Å². The quantitative estimate of drug-likeness (QED) is 0.474. The molecule has 1 aromatic carbocycles. The Hall–Kier alpha value is -1.84. The minimum atomic E-state index is -0.664. The van der Waals surface area contributed by atoms with E-state index in [0.717, 1.165) is 37.7 Å². The molecule has 0 saturated heterocycles. The Morgan fingerprint density at radius 1 is 1.32 bits per heavy atom. The lowest BCUT2D eigenvalue weighted by Crippen LogP contribution is -2.52. The van der Waals surface area contributed by atoms with Crippen LogP contribution in [0.5, 0.6) is 0 Å². The number of aliphatic carboxylic acids is 1. The maximum Gasteiger partial charge on any atom is 0.309 e. The average Bonchev–Trinajstić information content (AvgIpc) is 2.54. The third kappa shape index (κ3) is 2.66. The number of benzene rings is 1. The standard InChI is InChI=1S/C21H29NO3/c1-13(2)16-10-14-6-7-18-20(3,17(14)11-15(16)12-22-25)8-5-9-21(18,4)19(23)24/h10-13,18,25H,5-9H2,1-4H3,(H,23,24)/b22-12+/t18?,20-,21?/m1/s1. The third-order valence-corrected chi connectivity index (χ3v) is 6.86. The SMILES string of the molecule is CC(C)c1cc2c(cc1/C=N/O)[C@@]1(C)CCCC(C)(C(=O)O)C1CC2. The number of rotatable bonds is 3. The number of carbonyl (C=O) groups is 1. The van der Waals surface area contributed by atoms with Gasteiger partial charge in [0.2, 0.25) is 0 Å². The van der Waals surface area contributed by atoms with Gasteiger partial charge in [-0.2, -0.15) is 0 Å². The zero-order chi connectivity index (χ0) is 18.4. The highest BCUT2D eigenvalue weighted by Crippen LogP contribution is 2.57. The van der Waals surface area contributed by atoms with Crippen molar-refractivity contribution in [3.05, 3.63) is 34.4 Å². The number of nitrogens with zero attached hydrogens (tertiary/aromatic N) is 1. The maximum atomic E-state index is 12.0. The first-order chi connectivity index (χ1) is 11.7. The van der Waals surface area contributed by atoms with Gasteiger partial charge in [-0.05, 0) is 78.2 Å². The van der Waals surface area contributed by atoms with Crippen LogP contribution in [0.3, 0.4) is 0 Å². The number of carboxylic acid groups (broad SMARTS) is 1. The summed E-state index contributed by atoms with van der Waals surface area (Å²) in [4.78, 5) is 12.0. The van der Waals surface area contributed by atoms with Gasteiger partial charge in [-0.15, -0.1) is 0 Å². The van der Waals surface area contributed by atoms with Crippen molar-refractivity contribution in [2.75, 3.05) is 0 Å². The van der Waals surface area contributed by atoms with E-state index in [9.17, 15) is 9.90 Å². The van der Waals surface area contributed by atoms with Crippen molar-refractivity contribution in [2.45, 2.75) is 71.1 Å². The van der Waals surface area contributed by atoms with Crippen LogP contribution in [0.2, 0.25) is 0 Å². The zero-order valence-corrected chi connectivity index (χ0v) is 15.7. The van der Waals surface area contributed by atoms with Crippen LogP contribution in [0.1, 0.15) is 81.5 Å². The van der Waals surface area contributed by atoms with Gasteiger partial charge in [0, 0.05) is 0 Å². The largest absolute Gasteiger partial charge is 0.481 e. The van der Waals surface area contributed by atoms with Crippen LogP contribution in [-0.2, 0) is 16.6 Å². The van der Waals surface area contributed by atoms with E-state index in [-0.39, 0.29) is 11.3 Å². The second-order valence-corrected chi connectivity index (χ2v) is 8.62. The van der Waals surface area contributed by atoms with Gasteiger partial charge in [0.1, 0.15) is 0 Å². The summed E-state index contributed by atoms with van der Waals surface area (Å²) >= 11 is 0. The van der Waals surface area contributed by atoms with Gasteiger partial charge in [0.15, 0.2) is 0 Å². The Kier molecular flexibility index (Phi) is 4.42. The first kappa shape index (κ1) is 18.0. The molecular weight excluding hydrogens is 314 g/mol. The molecule has 3 rings (SSSR count). The molecule has 2 aliphatic carbocycles. The smallest absolute Gasteiger partial charge is 0.309 e. The van der Waals surface area contributed by atoms with Crippen molar-refractivity contribution in [3.8, 4) is 0 Å². The third-order valence-electron chi connectivity index (χ3n) is 6.86. The Labute approximate surface area is 149 Å². The molecule has 4 nitrogen and oxygen atoms in total. The fraction of sp³-hybridized carbons (Fsp3) is 0.619. The van der Waals surface area contributed by atoms with Crippen molar-refractivity contribution < 1.29 is 15.1 Å². The highest BCUT2D eigenvalue weighted by atomic mass is 16.4. The first-order valence-electron chi connectivity index (χ1n) is 9.32. The molecule has 0 bridgehead atoms. The highest BCUT2D eigenvalue weighted by molar-refractivity contribution is 5.83. The van der Waals surface area contributed by atoms with E-state index >= 15 is 0 Å². The molecular formula is C21H29NO3. The number of aryl methyl sites for hydroxylation is 1. The van der Waals surface area contributed by atoms with Crippen LogP contribution in [0.15, 0.2) is 17.3 Å². The Morgan fingerprint density at radius 2 is 2.04 bits per heavy atom. The predicted molar refractivity (Wildman–Crippen MR) is 98.7 cm³/mol. The molecule has 2 aliphatic rings. The molecule has 1 saturated carbocycles. The van der Waals surface area contributed by atoms with Crippen LogP contribution in [0, 0.1) is 11.3 Å². The molecule has 0 amide bonds. The molecule has 1 fully saturated rings. The van der Waals surface area contributed by atoms with Gasteiger partial charge in [-0.1, -0.05) is 38.4 Å². The lowest BCUT2D eigenvalue weighted by molar-refractivity contribution is -0.157. The number of fused-ring (bicyclic) bond motifs is 3. The highest BCUT2D eigenvalue weighted by Gasteiger charge is 2.55. The lowest BCUT2D eigenvalue weighted by atomic mass is 9.49. The summed E-state index contributed by atoms with van der Waals surface area (Å²) in [6, 6.07) is 4.41. The second kappa shape index (κ2) is 6.15. The van der Waals surface area contributed by atoms with Crippen molar-refractivity contribution in [1.82, 2.24) is 0 Å². The van der Waals surface area contributed by atoms with Crippen molar-refractivity contribution >= 4 is 12.2 Å². The van der Waals surface area contributed by atoms with E-state index in [1.165, 1.54) is 22.9 Å². The maximum absolute atomic E-state index is 12.0. The number of hydrogen-bond acceptors (Lipinski definition) is 3. The minimum absolute atomic E-state index is 0.132. The van der Waals surface area contributed by atoms with Crippen molar-refractivity contribution in [2.24, 2.45) is 16.5 Å². The molecule has 1 aromatic rings. The van der Waals surface area contributed by atoms with Crippen molar-refractivity contribution in [1.29, 1.82) is 0 Å². The molecule has 0 radical (unpaired) electrons. The Morgan fingerprint density at radius 3 is 2.64 bits per heavy atom. The summed E-state index contributed by atoms with van der Waals surface area (Å²) in [5.74, 6) is -0.176. The molecule has 3 atom stereocenters. The van der Waals surface area contributed by atoms with Gasteiger partial charge in [-0.25, -0.2) is 0 Å². The predicted octanol–water partition coefficient (Wildman–Crippen LogP) is 4.71. The summed E-state index contributed by atoms with van der Waals surface area (Å²) in [7, 11) is 0. The topological polar surface area (TPSA) is 69.9 Å². The molecule has 2 unspecified atom stereocenters. The number of carboxylic acids is 1. The molecule has 0 aromatic heterocycles. The monoisotopic (exact) mass is 343 g/mol. The van der Waals surface area contributed by atoms with E-state index in [1.54, 1.807) is 0 Å². The van der Waals surface area contributed by atoms with E-state index < -0.39 is 11.4 Å². The van der Waals surface area contributed by atoms with Crippen LogP contribution >= 0.6 is 0 Å². The normalized spacial score (nSPS) is 31.8. The Bertz CT molecular complexity index is 724. The summed E-state index contributed by atoms with van der Waals surface area (Å²) in [6.45, 7) is 8.46. The van der Waals surface area contributed by atoms with Crippen LogP contribution in [0.25, 0.3) is 0 Å². The van der Waals surface area contributed by atoms with Gasteiger partial charge in [0.05, 0.1) is 11.6 Å². The summed E-state index contributed by atoms with van der Waals surface area (Å²) in [5, 5.41) is 22.2.